The van der Waals surface area contributed by atoms with E-state index in [0.717, 1.165) is 30.4 Å². The Morgan fingerprint density at radius 3 is 2.03 bits per heavy atom. The third-order valence-electron chi connectivity index (χ3n) is 6.34. The minimum Gasteiger partial charge on any atom is -0.427 e. The molecular weight excluding hydrogens is 458 g/mol. The van der Waals surface area contributed by atoms with Crippen molar-refractivity contribution in [3.63, 3.8) is 0 Å². The van der Waals surface area contributed by atoms with E-state index in [1.54, 1.807) is 36.4 Å². The van der Waals surface area contributed by atoms with Crippen LogP contribution in [-0.2, 0) is 26.4 Å². The van der Waals surface area contributed by atoms with Crippen LogP contribution in [0.3, 0.4) is 0 Å². The summed E-state index contributed by atoms with van der Waals surface area (Å²) in [4.78, 5) is 42.3. The zero-order chi connectivity index (χ0) is 25.4. The number of nitrogens with one attached hydrogen (secondary N) is 1. The fourth-order valence-electron chi connectivity index (χ4n) is 4.47. The second kappa shape index (κ2) is 11.6. The Bertz CT molecular complexity index is 1180. The van der Waals surface area contributed by atoms with Gasteiger partial charge in [-0.1, -0.05) is 61.7 Å². The van der Waals surface area contributed by atoms with Crippen molar-refractivity contribution in [1.82, 2.24) is 5.48 Å². The number of hydrogen-bond acceptors (Lipinski definition) is 6. The van der Waals surface area contributed by atoms with Crippen LogP contribution in [0.2, 0.25) is 0 Å². The number of esters is 2. The maximum Gasteiger partial charge on any atom is 0.321 e. The first-order chi connectivity index (χ1) is 17.5. The molecule has 0 aliphatic heterocycles. The van der Waals surface area contributed by atoms with E-state index in [4.69, 9.17) is 14.3 Å². The molecule has 186 valence electrons. The normalized spacial score (nSPS) is 14.5. The highest BCUT2D eigenvalue weighted by Crippen LogP contribution is 2.41. The van der Waals surface area contributed by atoms with Gasteiger partial charge in [0.1, 0.15) is 11.5 Å². The number of amides is 1. The summed E-state index contributed by atoms with van der Waals surface area (Å²) < 4.78 is 10.9. The number of rotatable bonds is 8. The van der Waals surface area contributed by atoms with E-state index in [1.165, 1.54) is 6.92 Å². The van der Waals surface area contributed by atoms with Crippen molar-refractivity contribution in [2.45, 2.75) is 51.0 Å². The molecule has 0 saturated heterocycles. The Kier molecular flexibility index (Phi) is 8.13. The molecule has 0 spiro atoms. The van der Waals surface area contributed by atoms with E-state index in [0.29, 0.717) is 29.9 Å². The van der Waals surface area contributed by atoms with Crippen LogP contribution in [0.15, 0.2) is 78.9 Å². The van der Waals surface area contributed by atoms with Gasteiger partial charge in [-0.2, -0.15) is 0 Å². The summed E-state index contributed by atoms with van der Waals surface area (Å²) in [6, 6.07) is 23.0. The Balaban J connectivity index is 1.40. The highest BCUT2D eigenvalue weighted by molar-refractivity contribution is 5.93. The second-order valence-corrected chi connectivity index (χ2v) is 8.88. The van der Waals surface area contributed by atoms with Gasteiger partial charge in [0, 0.05) is 12.5 Å². The molecule has 1 aliphatic rings. The van der Waals surface area contributed by atoms with E-state index in [1.807, 2.05) is 42.5 Å². The predicted molar refractivity (Wildman–Crippen MR) is 133 cm³/mol. The molecule has 7 nitrogen and oxygen atoms in total. The lowest BCUT2D eigenvalue weighted by Gasteiger charge is -2.35. The molecule has 1 aliphatic carbocycles. The lowest BCUT2D eigenvalue weighted by atomic mass is 9.69. The number of carbonyl (C=O) groups is 3. The quantitative estimate of drug-likeness (QED) is 0.264. The van der Waals surface area contributed by atoms with Gasteiger partial charge in [0.2, 0.25) is 0 Å². The van der Waals surface area contributed by atoms with Gasteiger partial charge in [0.15, 0.2) is 0 Å². The van der Waals surface area contributed by atoms with E-state index in [-0.39, 0.29) is 18.5 Å². The first-order valence-corrected chi connectivity index (χ1v) is 12.0. The molecule has 1 saturated carbocycles. The fourth-order valence-corrected chi connectivity index (χ4v) is 4.47. The molecule has 0 heterocycles. The summed E-state index contributed by atoms with van der Waals surface area (Å²) in [5.74, 6) is -0.309. The van der Waals surface area contributed by atoms with Gasteiger partial charge in [0.05, 0.1) is 12.0 Å². The SMILES string of the molecule is CC(=O)Oc1ccc(C2(C(=O)Oc3ccc(C(=O)NOCc4ccccc4)cc3)CCCCC2)cc1. The van der Waals surface area contributed by atoms with E-state index in [9.17, 15) is 14.4 Å². The summed E-state index contributed by atoms with van der Waals surface area (Å²) in [5.41, 5.74) is 3.83. The second-order valence-electron chi connectivity index (χ2n) is 8.88. The van der Waals surface area contributed by atoms with Crippen molar-refractivity contribution < 1.29 is 28.7 Å². The first kappa shape index (κ1) is 25.1. The minimum atomic E-state index is -0.770. The van der Waals surface area contributed by atoms with Crippen LogP contribution in [0.25, 0.3) is 0 Å². The molecule has 0 aromatic heterocycles. The van der Waals surface area contributed by atoms with Gasteiger partial charge < -0.3 is 9.47 Å². The summed E-state index contributed by atoms with van der Waals surface area (Å²) in [6.45, 7) is 1.60. The number of benzene rings is 3. The van der Waals surface area contributed by atoms with E-state index >= 15 is 0 Å². The first-order valence-electron chi connectivity index (χ1n) is 12.0. The molecule has 0 unspecified atom stereocenters. The molecule has 3 aromatic rings. The van der Waals surface area contributed by atoms with Crippen LogP contribution < -0.4 is 15.0 Å². The van der Waals surface area contributed by atoms with Gasteiger partial charge in [0.25, 0.3) is 5.91 Å². The van der Waals surface area contributed by atoms with Gasteiger partial charge >= 0.3 is 11.9 Å². The molecule has 3 aromatic carbocycles. The maximum absolute atomic E-state index is 13.4. The summed E-state index contributed by atoms with van der Waals surface area (Å²) in [5, 5.41) is 0. The summed E-state index contributed by atoms with van der Waals surface area (Å²) >= 11 is 0. The zero-order valence-electron chi connectivity index (χ0n) is 20.2. The van der Waals surface area contributed by atoms with Crippen LogP contribution in [0, 0.1) is 0 Å². The Morgan fingerprint density at radius 2 is 1.39 bits per heavy atom. The Labute approximate surface area is 210 Å². The molecule has 36 heavy (non-hydrogen) atoms. The number of ether oxygens (including phenoxy) is 2. The number of carbonyl (C=O) groups excluding carboxylic acids is 3. The Hall–Kier alpha value is -3.97. The molecule has 1 N–H and O–H groups in total. The number of hydroxylamine groups is 1. The highest BCUT2D eigenvalue weighted by Gasteiger charge is 2.43. The van der Waals surface area contributed by atoms with Crippen LogP contribution in [0.5, 0.6) is 11.5 Å². The third-order valence-corrected chi connectivity index (χ3v) is 6.34. The molecule has 1 amide bonds. The van der Waals surface area contributed by atoms with Crippen molar-refractivity contribution >= 4 is 17.8 Å². The lowest BCUT2D eigenvalue weighted by molar-refractivity contribution is -0.142. The average Bonchev–Trinajstić information content (AvgIpc) is 2.90. The van der Waals surface area contributed by atoms with Gasteiger partial charge in [-0.25, -0.2) is 5.48 Å². The topological polar surface area (TPSA) is 90.9 Å². The highest BCUT2D eigenvalue weighted by atomic mass is 16.6. The van der Waals surface area contributed by atoms with Gasteiger partial charge in [-0.3, -0.25) is 19.2 Å². The molecule has 0 radical (unpaired) electrons. The Morgan fingerprint density at radius 1 is 0.778 bits per heavy atom. The molecule has 1 fully saturated rings. The molecule has 7 heteroatoms. The monoisotopic (exact) mass is 487 g/mol. The van der Waals surface area contributed by atoms with Crippen LogP contribution in [-0.4, -0.2) is 17.8 Å². The van der Waals surface area contributed by atoms with Crippen molar-refractivity contribution in [2.75, 3.05) is 0 Å². The smallest absolute Gasteiger partial charge is 0.321 e. The lowest BCUT2D eigenvalue weighted by Crippen LogP contribution is -2.41. The fraction of sp³-hybridized carbons (Fsp3) is 0.276. The van der Waals surface area contributed by atoms with Crippen LogP contribution >= 0.6 is 0 Å². The largest absolute Gasteiger partial charge is 0.427 e. The minimum absolute atomic E-state index is 0.256. The zero-order valence-corrected chi connectivity index (χ0v) is 20.2. The summed E-state index contributed by atoms with van der Waals surface area (Å²) in [6.07, 6.45) is 4.26. The van der Waals surface area contributed by atoms with Crippen molar-refractivity contribution in [1.29, 1.82) is 0 Å². The average molecular weight is 488 g/mol. The number of hydrogen-bond donors (Lipinski definition) is 1. The van der Waals surface area contributed by atoms with Gasteiger partial charge in [-0.05, 0) is 60.4 Å². The van der Waals surface area contributed by atoms with Gasteiger partial charge in [-0.15, -0.1) is 0 Å². The van der Waals surface area contributed by atoms with Crippen molar-refractivity contribution in [3.8, 4) is 11.5 Å². The molecular formula is C29H29NO6. The summed E-state index contributed by atoms with van der Waals surface area (Å²) in [7, 11) is 0. The molecule has 0 atom stereocenters. The van der Waals surface area contributed by atoms with Crippen molar-refractivity contribution in [3.05, 3.63) is 95.6 Å². The maximum atomic E-state index is 13.4. The molecule has 4 rings (SSSR count). The predicted octanol–water partition coefficient (Wildman–Crippen LogP) is 5.28. The standard InChI is InChI=1S/C29H29NO6/c1-21(31)35-25-16-12-24(13-17-25)29(18-6-3-7-19-29)28(33)36-26-14-10-23(11-15-26)27(32)30-34-20-22-8-4-2-5-9-22/h2,4-5,8-17H,3,6-7,18-20H2,1H3,(H,30,32). The van der Waals surface area contributed by atoms with Crippen LogP contribution in [0.1, 0.15) is 60.5 Å². The van der Waals surface area contributed by atoms with E-state index in [2.05, 4.69) is 5.48 Å². The molecule has 0 bridgehead atoms. The van der Waals surface area contributed by atoms with E-state index < -0.39 is 11.4 Å². The van der Waals surface area contributed by atoms with Crippen LogP contribution in [0.4, 0.5) is 0 Å². The van der Waals surface area contributed by atoms with Crippen molar-refractivity contribution in [2.24, 2.45) is 0 Å². The third kappa shape index (κ3) is 6.17.